The van der Waals surface area contributed by atoms with Crippen LogP contribution >= 0.6 is 11.6 Å². The fourth-order valence-electron chi connectivity index (χ4n) is 3.22. The van der Waals surface area contributed by atoms with Gasteiger partial charge in [-0.1, -0.05) is 49.8 Å². The molecule has 108 valence electrons. The van der Waals surface area contributed by atoms with Crippen molar-refractivity contribution in [3.63, 3.8) is 0 Å². The molecule has 20 heavy (non-hydrogen) atoms. The first-order valence-electron chi connectivity index (χ1n) is 7.82. The van der Waals surface area contributed by atoms with Gasteiger partial charge in [-0.15, -0.1) is 0 Å². The van der Waals surface area contributed by atoms with E-state index in [1.807, 2.05) is 12.1 Å². The summed E-state index contributed by atoms with van der Waals surface area (Å²) in [4.78, 5) is 3.31. The molecular formula is C17H23ClN2. The van der Waals surface area contributed by atoms with Gasteiger partial charge in [-0.25, -0.2) is 0 Å². The van der Waals surface area contributed by atoms with E-state index in [-0.39, 0.29) is 0 Å². The van der Waals surface area contributed by atoms with Crippen LogP contribution in [0.2, 0.25) is 5.02 Å². The van der Waals surface area contributed by atoms with Gasteiger partial charge in [0, 0.05) is 34.7 Å². The van der Waals surface area contributed by atoms with E-state index >= 15 is 0 Å². The Kier molecular flexibility index (Phi) is 4.64. The molecule has 0 radical (unpaired) electrons. The molecule has 0 bridgehead atoms. The molecule has 1 aromatic heterocycles. The largest absolute Gasteiger partial charge is 0.361 e. The highest BCUT2D eigenvalue weighted by Gasteiger charge is 2.11. The van der Waals surface area contributed by atoms with Gasteiger partial charge in [0.15, 0.2) is 0 Å². The van der Waals surface area contributed by atoms with Crippen molar-refractivity contribution >= 4 is 22.5 Å². The molecule has 2 nitrogen and oxygen atoms in total. The molecule has 3 rings (SSSR count). The van der Waals surface area contributed by atoms with Crippen LogP contribution in [0.5, 0.6) is 0 Å². The van der Waals surface area contributed by atoms with E-state index in [1.54, 1.807) is 0 Å². The second-order valence-electron chi connectivity index (χ2n) is 5.93. The van der Waals surface area contributed by atoms with E-state index < -0.39 is 0 Å². The van der Waals surface area contributed by atoms with Crippen molar-refractivity contribution < 1.29 is 0 Å². The minimum atomic E-state index is 0.688. The third-order valence-corrected chi connectivity index (χ3v) is 4.65. The Morgan fingerprint density at radius 3 is 2.65 bits per heavy atom. The lowest BCUT2D eigenvalue weighted by Gasteiger charge is -2.20. The van der Waals surface area contributed by atoms with E-state index in [1.165, 1.54) is 55.9 Å². The molecule has 1 aromatic carbocycles. The van der Waals surface area contributed by atoms with Crippen molar-refractivity contribution in [1.82, 2.24) is 10.3 Å². The zero-order valence-corrected chi connectivity index (χ0v) is 12.7. The number of benzene rings is 1. The molecule has 1 fully saturated rings. The SMILES string of the molecule is Clc1ccc2c(CNC3CCCCCCC3)c[nH]c2c1. The van der Waals surface area contributed by atoms with Crippen LogP contribution in [0.4, 0.5) is 0 Å². The maximum atomic E-state index is 6.02. The zero-order chi connectivity index (χ0) is 13.8. The third kappa shape index (κ3) is 3.36. The Balaban J connectivity index is 1.64. The lowest BCUT2D eigenvalue weighted by atomic mass is 9.96. The normalized spacial score (nSPS) is 18.1. The molecular weight excluding hydrogens is 268 g/mol. The van der Waals surface area contributed by atoms with Crippen molar-refractivity contribution in [2.24, 2.45) is 0 Å². The predicted molar refractivity (Wildman–Crippen MR) is 86.3 cm³/mol. The molecule has 1 heterocycles. The monoisotopic (exact) mass is 290 g/mol. The molecule has 2 N–H and O–H groups in total. The number of fused-ring (bicyclic) bond motifs is 1. The van der Waals surface area contributed by atoms with Crippen molar-refractivity contribution in [2.45, 2.75) is 57.5 Å². The summed E-state index contributed by atoms with van der Waals surface area (Å²) in [6, 6.07) is 6.77. The fraction of sp³-hybridized carbons (Fsp3) is 0.529. The zero-order valence-electron chi connectivity index (χ0n) is 11.9. The summed E-state index contributed by atoms with van der Waals surface area (Å²) < 4.78 is 0. The van der Waals surface area contributed by atoms with Crippen molar-refractivity contribution in [1.29, 1.82) is 0 Å². The summed E-state index contributed by atoms with van der Waals surface area (Å²) in [5.41, 5.74) is 2.48. The third-order valence-electron chi connectivity index (χ3n) is 4.42. The van der Waals surface area contributed by atoms with Crippen LogP contribution in [0.25, 0.3) is 10.9 Å². The molecule has 1 aliphatic rings. The van der Waals surface area contributed by atoms with Crippen LogP contribution in [0, 0.1) is 0 Å². The van der Waals surface area contributed by atoms with Crippen LogP contribution in [-0.2, 0) is 6.54 Å². The molecule has 0 unspecified atom stereocenters. The van der Waals surface area contributed by atoms with Crippen molar-refractivity contribution in [3.8, 4) is 0 Å². The molecule has 1 saturated carbocycles. The van der Waals surface area contributed by atoms with Crippen molar-refractivity contribution in [3.05, 3.63) is 35.0 Å². The number of H-pyrrole nitrogens is 1. The summed E-state index contributed by atoms with van der Waals surface area (Å²) >= 11 is 6.02. The number of rotatable bonds is 3. The Bertz CT molecular complexity index is 553. The van der Waals surface area contributed by atoms with Gasteiger partial charge in [-0.2, -0.15) is 0 Å². The molecule has 0 atom stereocenters. The maximum absolute atomic E-state index is 6.02. The smallest absolute Gasteiger partial charge is 0.0472 e. The predicted octanol–water partition coefficient (Wildman–Crippen LogP) is 5.02. The molecule has 0 amide bonds. The molecule has 2 aromatic rings. The molecule has 0 aliphatic heterocycles. The van der Waals surface area contributed by atoms with E-state index in [0.717, 1.165) is 17.1 Å². The van der Waals surface area contributed by atoms with Gasteiger partial charge >= 0.3 is 0 Å². The van der Waals surface area contributed by atoms with E-state index in [2.05, 4.69) is 22.6 Å². The number of hydrogen-bond acceptors (Lipinski definition) is 1. The number of hydrogen-bond donors (Lipinski definition) is 2. The number of aromatic nitrogens is 1. The molecule has 0 spiro atoms. The lowest BCUT2D eigenvalue weighted by Crippen LogP contribution is -2.29. The Morgan fingerprint density at radius 1 is 1.10 bits per heavy atom. The van der Waals surface area contributed by atoms with Crippen LogP contribution in [0.1, 0.15) is 50.5 Å². The van der Waals surface area contributed by atoms with E-state index in [4.69, 9.17) is 11.6 Å². The Morgan fingerprint density at radius 2 is 1.85 bits per heavy atom. The summed E-state index contributed by atoms with van der Waals surface area (Å²) in [5, 5.41) is 5.82. The van der Waals surface area contributed by atoms with Gasteiger partial charge in [-0.05, 0) is 30.5 Å². The lowest BCUT2D eigenvalue weighted by molar-refractivity contribution is 0.389. The van der Waals surface area contributed by atoms with Gasteiger partial charge in [0.1, 0.15) is 0 Å². The highest BCUT2D eigenvalue weighted by molar-refractivity contribution is 6.31. The van der Waals surface area contributed by atoms with Gasteiger partial charge < -0.3 is 10.3 Å². The number of aromatic amines is 1. The standard InChI is InChI=1S/C17H23ClN2/c18-14-8-9-16-13(12-20-17(16)10-14)11-19-15-6-4-2-1-3-5-7-15/h8-10,12,15,19-20H,1-7,11H2. The van der Waals surface area contributed by atoms with Gasteiger partial charge in [0.05, 0.1) is 0 Å². The molecule has 1 aliphatic carbocycles. The molecule has 0 saturated heterocycles. The van der Waals surface area contributed by atoms with Gasteiger partial charge in [0.25, 0.3) is 0 Å². The second kappa shape index (κ2) is 6.64. The van der Waals surface area contributed by atoms with Crippen LogP contribution in [0.3, 0.4) is 0 Å². The topological polar surface area (TPSA) is 27.8 Å². The van der Waals surface area contributed by atoms with Crippen LogP contribution < -0.4 is 5.32 Å². The second-order valence-corrected chi connectivity index (χ2v) is 6.36. The quantitative estimate of drug-likeness (QED) is 0.816. The summed E-state index contributed by atoms with van der Waals surface area (Å²) in [5.74, 6) is 0. The van der Waals surface area contributed by atoms with Crippen molar-refractivity contribution in [2.75, 3.05) is 0 Å². The summed E-state index contributed by atoms with van der Waals surface area (Å²) in [6.07, 6.45) is 11.8. The summed E-state index contributed by atoms with van der Waals surface area (Å²) in [7, 11) is 0. The average molecular weight is 291 g/mol. The minimum absolute atomic E-state index is 0.688. The van der Waals surface area contributed by atoms with Gasteiger partial charge in [-0.3, -0.25) is 0 Å². The number of nitrogens with one attached hydrogen (secondary N) is 2. The first-order valence-corrected chi connectivity index (χ1v) is 8.19. The van der Waals surface area contributed by atoms with E-state index in [9.17, 15) is 0 Å². The Labute approximate surface area is 125 Å². The molecule has 3 heteroatoms. The minimum Gasteiger partial charge on any atom is -0.361 e. The average Bonchev–Trinajstić information content (AvgIpc) is 2.80. The number of halogens is 1. The Hall–Kier alpha value is -0.990. The first-order chi connectivity index (χ1) is 9.83. The van der Waals surface area contributed by atoms with Crippen LogP contribution in [-0.4, -0.2) is 11.0 Å². The summed E-state index contributed by atoms with van der Waals surface area (Å²) in [6.45, 7) is 0.951. The van der Waals surface area contributed by atoms with Crippen LogP contribution in [0.15, 0.2) is 24.4 Å². The highest BCUT2D eigenvalue weighted by Crippen LogP contribution is 2.23. The van der Waals surface area contributed by atoms with Gasteiger partial charge in [0.2, 0.25) is 0 Å². The maximum Gasteiger partial charge on any atom is 0.0472 e. The first kappa shape index (κ1) is 14.0. The van der Waals surface area contributed by atoms with E-state index in [0.29, 0.717) is 6.04 Å². The fourth-order valence-corrected chi connectivity index (χ4v) is 3.39. The highest BCUT2D eigenvalue weighted by atomic mass is 35.5.